The van der Waals surface area contributed by atoms with E-state index in [1.165, 1.54) is 25.7 Å². The van der Waals surface area contributed by atoms with E-state index in [1.807, 2.05) is 18.2 Å². The number of rotatable bonds is 8. The van der Waals surface area contributed by atoms with E-state index in [1.54, 1.807) is 6.20 Å². The van der Waals surface area contributed by atoms with Gasteiger partial charge in [0.05, 0.1) is 18.8 Å². The number of nitrogens with one attached hydrogen (secondary N) is 1. The molecule has 1 aromatic rings. The first-order chi connectivity index (χ1) is 18.7. The molecule has 4 aliphatic rings. The van der Waals surface area contributed by atoms with E-state index < -0.39 is 0 Å². The summed E-state index contributed by atoms with van der Waals surface area (Å²) in [5.74, 6) is 3.33. The summed E-state index contributed by atoms with van der Waals surface area (Å²) in [6.45, 7) is 10.6. The molecule has 4 saturated carbocycles. The Bertz CT molecular complexity index is 974. The molecule has 4 fully saturated rings. The number of pyridine rings is 1. The molecule has 0 aliphatic heterocycles. The van der Waals surface area contributed by atoms with E-state index in [4.69, 9.17) is 4.74 Å². The van der Waals surface area contributed by atoms with Crippen LogP contribution >= 0.6 is 0 Å². The minimum Gasteiger partial charge on any atom is -0.450 e. The van der Waals surface area contributed by atoms with E-state index in [9.17, 15) is 15.0 Å². The summed E-state index contributed by atoms with van der Waals surface area (Å²) in [4.78, 5) is 16.5. The van der Waals surface area contributed by atoms with Gasteiger partial charge in [-0.3, -0.25) is 4.98 Å². The lowest BCUT2D eigenvalue weighted by Gasteiger charge is -2.64. The van der Waals surface area contributed by atoms with Gasteiger partial charge in [0.25, 0.3) is 0 Å². The highest BCUT2D eigenvalue weighted by molar-refractivity contribution is 5.67. The zero-order valence-electron chi connectivity index (χ0n) is 24.6. The predicted molar refractivity (Wildman–Crippen MR) is 153 cm³/mol. The average Bonchev–Trinajstić information content (AvgIpc) is 3.27. The van der Waals surface area contributed by atoms with Gasteiger partial charge in [-0.15, -0.1) is 0 Å². The lowest BCUT2D eigenvalue weighted by molar-refractivity contribution is -0.203. The van der Waals surface area contributed by atoms with Gasteiger partial charge in [-0.1, -0.05) is 40.2 Å². The number of alkyl carbamates (subject to hydrolysis) is 1. The normalized spacial score (nSPS) is 42.1. The van der Waals surface area contributed by atoms with Gasteiger partial charge >= 0.3 is 6.09 Å². The molecule has 11 atom stereocenters. The van der Waals surface area contributed by atoms with Crippen molar-refractivity contribution >= 4 is 6.09 Å². The summed E-state index contributed by atoms with van der Waals surface area (Å²) in [6, 6.07) is 5.81. The number of aliphatic hydroxyl groups is 2. The van der Waals surface area contributed by atoms with Crippen molar-refractivity contribution in [3.8, 4) is 0 Å². The van der Waals surface area contributed by atoms with Crippen LogP contribution in [-0.2, 0) is 11.2 Å². The maximum absolute atomic E-state index is 12.2. The van der Waals surface area contributed by atoms with E-state index in [-0.39, 0.29) is 29.1 Å². The molecule has 0 spiro atoms. The number of hydrogen-bond acceptors (Lipinski definition) is 5. The van der Waals surface area contributed by atoms with Crippen LogP contribution in [0.15, 0.2) is 24.4 Å². The first kappa shape index (κ1) is 28.9. The number of fused-ring (bicyclic) bond motifs is 5. The van der Waals surface area contributed by atoms with E-state index in [2.05, 4.69) is 38.0 Å². The zero-order valence-corrected chi connectivity index (χ0v) is 24.6. The standard InChI is InChI=1S/C33H52N2O4/c1-5-24-28-20-23(36)11-15-33(28,4)27-12-16-32(3)25(9-10-26(32)29(27)30(24)37)21(2)14-19-39-31(38)35-18-13-22-8-6-7-17-34-22/h6-8,17,21,23-30,36-37H,5,9-16,18-20H2,1-4H3,(H,35,38)/t21-,23-,24-,25-,26+,27?,28+,29+,30-,32-,33-/m1/s1. The first-order valence-electron chi connectivity index (χ1n) is 15.9. The van der Waals surface area contributed by atoms with Crippen LogP contribution < -0.4 is 5.32 Å². The Hall–Kier alpha value is -1.66. The number of amides is 1. The monoisotopic (exact) mass is 540 g/mol. The Morgan fingerprint density at radius 1 is 1.10 bits per heavy atom. The first-order valence-corrected chi connectivity index (χ1v) is 15.9. The summed E-state index contributed by atoms with van der Waals surface area (Å²) < 4.78 is 5.56. The van der Waals surface area contributed by atoms with Gasteiger partial charge < -0.3 is 20.3 Å². The molecule has 0 bridgehead atoms. The molecule has 6 nitrogen and oxygen atoms in total. The Kier molecular flexibility index (Phi) is 8.64. The number of carbonyl (C=O) groups is 1. The molecule has 1 amide bonds. The van der Waals surface area contributed by atoms with Gasteiger partial charge in [0.2, 0.25) is 0 Å². The minimum absolute atomic E-state index is 0.198. The number of hydrogen-bond donors (Lipinski definition) is 3. The molecule has 5 rings (SSSR count). The van der Waals surface area contributed by atoms with E-state index in [0.717, 1.165) is 37.8 Å². The van der Waals surface area contributed by atoms with Crippen LogP contribution in [-0.4, -0.2) is 46.6 Å². The highest BCUT2D eigenvalue weighted by atomic mass is 16.5. The van der Waals surface area contributed by atoms with Crippen molar-refractivity contribution in [2.45, 2.75) is 104 Å². The topological polar surface area (TPSA) is 91.7 Å². The number of carbonyl (C=O) groups excluding carboxylic acids is 1. The third-order valence-corrected chi connectivity index (χ3v) is 12.3. The van der Waals surface area contributed by atoms with Crippen LogP contribution in [0.3, 0.4) is 0 Å². The second-order valence-corrected chi connectivity index (χ2v) is 14.0. The van der Waals surface area contributed by atoms with Gasteiger partial charge in [-0.2, -0.15) is 0 Å². The molecule has 4 aliphatic carbocycles. The third kappa shape index (κ3) is 5.37. The molecule has 0 radical (unpaired) electrons. The molecule has 1 heterocycles. The Morgan fingerprint density at radius 2 is 1.87 bits per heavy atom. The van der Waals surface area contributed by atoms with Crippen LogP contribution in [0.2, 0.25) is 0 Å². The Labute approximate surface area is 235 Å². The van der Waals surface area contributed by atoms with E-state index >= 15 is 0 Å². The van der Waals surface area contributed by atoms with Gasteiger partial charge in [0.1, 0.15) is 0 Å². The number of nitrogens with zero attached hydrogens (tertiary/aromatic N) is 1. The van der Waals surface area contributed by atoms with Crippen molar-refractivity contribution in [3.63, 3.8) is 0 Å². The summed E-state index contributed by atoms with van der Waals surface area (Å²) in [5.41, 5.74) is 1.44. The summed E-state index contributed by atoms with van der Waals surface area (Å²) in [5, 5.41) is 25.3. The van der Waals surface area contributed by atoms with Crippen molar-refractivity contribution in [3.05, 3.63) is 30.1 Å². The molecule has 3 N–H and O–H groups in total. The molecule has 0 saturated heterocycles. The van der Waals surface area contributed by atoms with Crippen molar-refractivity contribution in [1.82, 2.24) is 10.3 Å². The quantitative estimate of drug-likeness (QED) is 0.376. The van der Waals surface area contributed by atoms with Crippen LogP contribution in [0.25, 0.3) is 0 Å². The predicted octanol–water partition coefficient (Wildman–Crippen LogP) is 6.00. The second-order valence-electron chi connectivity index (χ2n) is 14.0. The molecular formula is C33H52N2O4. The van der Waals surface area contributed by atoms with Crippen LogP contribution in [0.4, 0.5) is 4.79 Å². The molecule has 218 valence electrons. The smallest absolute Gasteiger partial charge is 0.407 e. The largest absolute Gasteiger partial charge is 0.450 e. The van der Waals surface area contributed by atoms with Crippen LogP contribution in [0.5, 0.6) is 0 Å². The average molecular weight is 541 g/mol. The fourth-order valence-corrected chi connectivity index (χ4v) is 10.4. The molecular weight excluding hydrogens is 488 g/mol. The van der Waals surface area contributed by atoms with Crippen molar-refractivity contribution < 1.29 is 19.7 Å². The summed E-state index contributed by atoms with van der Waals surface area (Å²) in [6.07, 6.45) is 11.3. The summed E-state index contributed by atoms with van der Waals surface area (Å²) >= 11 is 0. The van der Waals surface area contributed by atoms with Gasteiger partial charge in [-0.25, -0.2) is 4.79 Å². The minimum atomic E-state index is -0.342. The molecule has 6 heteroatoms. The van der Waals surface area contributed by atoms with Crippen molar-refractivity contribution in [2.75, 3.05) is 13.2 Å². The maximum atomic E-state index is 12.2. The third-order valence-electron chi connectivity index (χ3n) is 12.3. The Morgan fingerprint density at radius 3 is 2.62 bits per heavy atom. The lowest BCUT2D eigenvalue weighted by atomic mass is 9.41. The molecule has 1 unspecified atom stereocenters. The molecule has 1 aromatic heterocycles. The molecule has 0 aromatic carbocycles. The van der Waals surface area contributed by atoms with Gasteiger partial charge in [0, 0.05) is 24.9 Å². The number of aromatic nitrogens is 1. The van der Waals surface area contributed by atoms with Crippen LogP contribution in [0, 0.1) is 52.3 Å². The van der Waals surface area contributed by atoms with E-state index in [0.29, 0.717) is 61.0 Å². The second kappa shape index (κ2) is 11.7. The van der Waals surface area contributed by atoms with Gasteiger partial charge in [-0.05, 0) is 116 Å². The maximum Gasteiger partial charge on any atom is 0.407 e. The summed E-state index contributed by atoms with van der Waals surface area (Å²) in [7, 11) is 0. The molecule has 39 heavy (non-hydrogen) atoms. The number of ether oxygens (including phenoxy) is 1. The lowest BCUT2D eigenvalue weighted by Crippen LogP contribution is -2.62. The highest BCUT2D eigenvalue weighted by Crippen LogP contribution is 2.69. The van der Waals surface area contributed by atoms with Crippen molar-refractivity contribution in [2.24, 2.45) is 52.3 Å². The highest BCUT2D eigenvalue weighted by Gasteiger charge is 2.64. The van der Waals surface area contributed by atoms with Gasteiger partial charge in [0.15, 0.2) is 0 Å². The fourth-order valence-electron chi connectivity index (χ4n) is 10.4. The zero-order chi connectivity index (χ0) is 27.8. The Balaban J connectivity index is 1.18. The van der Waals surface area contributed by atoms with Crippen LogP contribution in [0.1, 0.15) is 91.2 Å². The SMILES string of the molecule is CC[C@H]1[C@@H](O)[C@@H]2C(CC[C@]3(C)[C@@H]([C@H](C)CCOC(=O)NCCc4ccccn4)CC[C@@H]23)[C@@]2(C)CC[C@@H](O)C[C@@H]12. The number of aliphatic hydroxyl groups excluding tert-OH is 2. The van der Waals surface area contributed by atoms with Crippen molar-refractivity contribution in [1.29, 1.82) is 0 Å². The fraction of sp³-hybridized carbons (Fsp3) is 0.818.